The summed E-state index contributed by atoms with van der Waals surface area (Å²) in [5.74, 6) is 0.920. The zero-order valence-electron chi connectivity index (χ0n) is 10.2. The van der Waals surface area contributed by atoms with Crippen LogP contribution < -0.4 is 15.5 Å². The Labute approximate surface area is 100 Å². The Morgan fingerprint density at radius 3 is 3.24 bits per heavy atom. The van der Waals surface area contributed by atoms with Crippen LogP contribution in [0.5, 0.6) is 0 Å². The molecule has 1 aliphatic rings. The fourth-order valence-electron chi connectivity index (χ4n) is 2.08. The summed E-state index contributed by atoms with van der Waals surface area (Å²) in [6, 6.07) is -0.197. The van der Waals surface area contributed by atoms with Crippen molar-refractivity contribution in [2.24, 2.45) is 0 Å². The quantitative estimate of drug-likeness (QED) is 0.693. The highest BCUT2D eigenvalue weighted by atomic mass is 16.2. The molecule has 0 bridgehead atoms. The maximum Gasteiger partial charge on any atom is 0.243 e. The first-order valence-electron chi connectivity index (χ1n) is 5.85. The molecular weight excluding hydrogens is 220 g/mol. The molecule has 0 radical (unpaired) electrons. The van der Waals surface area contributed by atoms with Gasteiger partial charge in [0.2, 0.25) is 5.91 Å². The lowest BCUT2D eigenvalue weighted by molar-refractivity contribution is -0.122. The number of aryl methyl sites for hydroxylation is 1. The van der Waals surface area contributed by atoms with Gasteiger partial charge < -0.3 is 15.5 Å². The summed E-state index contributed by atoms with van der Waals surface area (Å²) >= 11 is 0. The highest BCUT2D eigenvalue weighted by Crippen LogP contribution is 2.16. The van der Waals surface area contributed by atoms with Gasteiger partial charge in [0.15, 0.2) is 0 Å². The molecule has 1 aliphatic heterocycles. The summed E-state index contributed by atoms with van der Waals surface area (Å²) < 4.78 is 1.81. The van der Waals surface area contributed by atoms with Crippen molar-refractivity contribution in [3.63, 3.8) is 0 Å². The summed E-state index contributed by atoms with van der Waals surface area (Å²) in [7, 11) is 1.66. The van der Waals surface area contributed by atoms with Gasteiger partial charge in [-0.2, -0.15) is 0 Å². The van der Waals surface area contributed by atoms with Crippen LogP contribution in [0.2, 0.25) is 0 Å². The van der Waals surface area contributed by atoms with E-state index in [-0.39, 0.29) is 11.9 Å². The summed E-state index contributed by atoms with van der Waals surface area (Å²) in [6.45, 7) is 5.05. The predicted molar refractivity (Wildman–Crippen MR) is 63.8 cm³/mol. The number of carbonyl (C=O) groups excluding carboxylic acids is 1. The van der Waals surface area contributed by atoms with Crippen LogP contribution in [0.25, 0.3) is 0 Å². The number of carbonyl (C=O) groups is 1. The van der Waals surface area contributed by atoms with E-state index in [9.17, 15) is 4.79 Å². The highest BCUT2D eigenvalue weighted by molar-refractivity contribution is 5.85. The molecule has 17 heavy (non-hydrogen) atoms. The van der Waals surface area contributed by atoms with E-state index >= 15 is 0 Å². The van der Waals surface area contributed by atoms with E-state index in [4.69, 9.17) is 0 Å². The van der Waals surface area contributed by atoms with Gasteiger partial charge in [-0.15, -0.1) is 5.10 Å². The minimum atomic E-state index is -0.197. The van der Waals surface area contributed by atoms with Crippen molar-refractivity contribution in [1.82, 2.24) is 25.6 Å². The zero-order chi connectivity index (χ0) is 12.3. The second kappa shape index (κ2) is 5.13. The number of hydrogen-bond donors (Lipinski definition) is 2. The number of hydrogen-bond acceptors (Lipinski definition) is 5. The molecule has 1 amide bonds. The molecule has 1 saturated heterocycles. The average molecular weight is 238 g/mol. The van der Waals surface area contributed by atoms with Crippen molar-refractivity contribution in [3.8, 4) is 0 Å². The number of rotatable bonds is 3. The maximum atomic E-state index is 11.8. The third-order valence-electron chi connectivity index (χ3n) is 2.98. The fourth-order valence-corrected chi connectivity index (χ4v) is 2.08. The van der Waals surface area contributed by atoms with E-state index in [0.717, 1.165) is 25.5 Å². The van der Waals surface area contributed by atoms with Crippen LogP contribution >= 0.6 is 0 Å². The topological polar surface area (TPSA) is 75.1 Å². The van der Waals surface area contributed by atoms with Gasteiger partial charge in [0.1, 0.15) is 11.9 Å². The van der Waals surface area contributed by atoms with E-state index in [1.165, 1.54) is 0 Å². The van der Waals surface area contributed by atoms with Crippen molar-refractivity contribution < 1.29 is 4.79 Å². The predicted octanol–water partition coefficient (Wildman–Crippen LogP) is -1.18. The number of aromatic nitrogens is 3. The molecule has 1 atom stereocenters. The Bertz CT molecular complexity index is 390. The Hall–Kier alpha value is -1.63. The van der Waals surface area contributed by atoms with Crippen LogP contribution in [0.1, 0.15) is 6.92 Å². The first kappa shape index (κ1) is 11.8. The fraction of sp³-hybridized carbons (Fsp3) is 0.700. The molecule has 1 unspecified atom stereocenters. The third-order valence-corrected chi connectivity index (χ3v) is 2.98. The lowest BCUT2D eigenvalue weighted by Gasteiger charge is -2.36. The molecular formula is C10H18N6O. The van der Waals surface area contributed by atoms with Crippen LogP contribution in [-0.2, 0) is 11.3 Å². The van der Waals surface area contributed by atoms with Gasteiger partial charge in [0, 0.05) is 33.2 Å². The molecule has 2 heterocycles. The second-order valence-electron chi connectivity index (χ2n) is 3.94. The maximum absolute atomic E-state index is 11.8. The van der Waals surface area contributed by atoms with Crippen molar-refractivity contribution in [2.75, 3.05) is 31.6 Å². The summed E-state index contributed by atoms with van der Waals surface area (Å²) in [5, 5.41) is 13.8. The minimum Gasteiger partial charge on any atom is -0.357 e. The van der Waals surface area contributed by atoms with Crippen LogP contribution in [-0.4, -0.2) is 53.6 Å². The van der Waals surface area contributed by atoms with Crippen molar-refractivity contribution in [1.29, 1.82) is 0 Å². The van der Waals surface area contributed by atoms with Crippen molar-refractivity contribution in [2.45, 2.75) is 19.5 Å². The SMILES string of the molecule is CCn1nncc1N1CCNCC1C(=O)NC. The molecule has 2 N–H and O–H groups in total. The molecule has 1 fully saturated rings. The molecule has 0 spiro atoms. The molecule has 1 aromatic heterocycles. The minimum absolute atomic E-state index is 0.0149. The van der Waals surface area contributed by atoms with Crippen molar-refractivity contribution >= 4 is 11.7 Å². The van der Waals surface area contributed by atoms with Crippen LogP contribution in [0.15, 0.2) is 6.20 Å². The summed E-state index contributed by atoms with van der Waals surface area (Å²) in [5.41, 5.74) is 0. The van der Waals surface area contributed by atoms with Crippen LogP contribution in [0.3, 0.4) is 0 Å². The Kier molecular flexibility index (Phi) is 3.58. The molecule has 0 aromatic carbocycles. The number of amides is 1. The summed E-state index contributed by atoms with van der Waals surface area (Å²) in [4.78, 5) is 13.9. The molecule has 1 aromatic rings. The van der Waals surface area contributed by atoms with E-state index in [1.54, 1.807) is 17.9 Å². The van der Waals surface area contributed by atoms with Crippen LogP contribution in [0.4, 0.5) is 5.82 Å². The largest absolute Gasteiger partial charge is 0.357 e. The highest BCUT2D eigenvalue weighted by Gasteiger charge is 2.30. The molecule has 7 heteroatoms. The Morgan fingerprint density at radius 2 is 2.53 bits per heavy atom. The molecule has 7 nitrogen and oxygen atoms in total. The van der Waals surface area contributed by atoms with E-state index < -0.39 is 0 Å². The number of likely N-dealkylation sites (N-methyl/N-ethyl adjacent to an activating group) is 1. The van der Waals surface area contributed by atoms with Crippen LogP contribution in [0, 0.1) is 0 Å². The molecule has 2 rings (SSSR count). The lowest BCUT2D eigenvalue weighted by Crippen LogP contribution is -2.58. The summed E-state index contributed by atoms with van der Waals surface area (Å²) in [6.07, 6.45) is 1.71. The number of nitrogens with one attached hydrogen (secondary N) is 2. The van der Waals surface area contributed by atoms with Gasteiger partial charge in [-0.05, 0) is 6.92 Å². The van der Waals surface area contributed by atoms with E-state index in [1.807, 2.05) is 6.92 Å². The van der Waals surface area contributed by atoms with Gasteiger partial charge in [0.25, 0.3) is 0 Å². The number of nitrogens with zero attached hydrogens (tertiary/aromatic N) is 4. The van der Waals surface area contributed by atoms with E-state index in [0.29, 0.717) is 6.54 Å². The normalized spacial score (nSPS) is 20.4. The second-order valence-corrected chi connectivity index (χ2v) is 3.94. The van der Waals surface area contributed by atoms with Gasteiger partial charge in [-0.25, -0.2) is 4.68 Å². The monoisotopic (exact) mass is 238 g/mol. The zero-order valence-corrected chi connectivity index (χ0v) is 10.2. The first-order chi connectivity index (χ1) is 8.27. The van der Waals surface area contributed by atoms with Gasteiger partial charge in [0.05, 0.1) is 6.20 Å². The third kappa shape index (κ3) is 2.23. The number of piperazine rings is 1. The van der Waals surface area contributed by atoms with E-state index in [2.05, 4.69) is 25.8 Å². The molecule has 0 saturated carbocycles. The van der Waals surface area contributed by atoms with Gasteiger partial charge in [-0.3, -0.25) is 4.79 Å². The average Bonchev–Trinajstić information content (AvgIpc) is 2.86. The Balaban J connectivity index is 2.24. The molecule has 0 aliphatic carbocycles. The number of anilines is 1. The van der Waals surface area contributed by atoms with Gasteiger partial charge in [-0.1, -0.05) is 5.21 Å². The standard InChI is InChI=1S/C10H18N6O/c1-3-16-9(7-13-14-16)15-5-4-12-6-8(15)10(17)11-2/h7-8,12H,3-6H2,1-2H3,(H,11,17). The smallest absolute Gasteiger partial charge is 0.243 e. The first-order valence-corrected chi connectivity index (χ1v) is 5.85. The van der Waals surface area contributed by atoms with Crippen molar-refractivity contribution in [3.05, 3.63) is 6.20 Å². The van der Waals surface area contributed by atoms with Gasteiger partial charge >= 0.3 is 0 Å². The lowest BCUT2D eigenvalue weighted by atomic mass is 10.2. The Morgan fingerprint density at radius 1 is 1.71 bits per heavy atom. The molecule has 94 valence electrons.